The van der Waals surface area contributed by atoms with Gasteiger partial charge in [-0.15, -0.1) is 35.3 Å². The second kappa shape index (κ2) is 10.8. The highest BCUT2D eigenvalue weighted by atomic mass is 127. The van der Waals surface area contributed by atoms with E-state index in [1.165, 1.54) is 10.9 Å². The monoisotopic (exact) mass is 494 g/mol. The molecule has 1 unspecified atom stereocenters. The molecule has 8 heteroatoms. The fourth-order valence-electron chi connectivity index (χ4n) is 2.46. The van der Waals surface area contributed by atoms with E-state index in [9.17, 15) is 8.78 Å². The Morgan fingerprint density at radius 2 is 2.00 bits per heavy atom. The minimum absolute atomic E-state index is 0. The minimum Gasteiger partial charge on any atom is -0.357 e. The molecule has 26 heavy (non-hydrogen) atoms. The molecule has 144 valence electrons. The van der Waals surface area contributed by atoms with Crippen LogP contribution in [-0.2, 0) is 6.42 Å². The lowest BCUT2D eigenvalue weighted by Crippen LogP contribution is -2.39. The first-order valence-electron chi connectivity index (χ1n) is 8.33. The Morgan fingerprint density at radius 3 is 2.58 bits per heavy atom. The maximum absolute atomic E-state index is 13.4. The van der Waals surface area contributed by atoms with Gasteiger partial charge in [0.2, 0.25) is 0 Å². The summed E-state index contributed by atoms with van der Waals surface area (Å²) in [6, 6.07) is 3.73. The van der Waals surface area contributed by atoms with Crippen molar-refractivity contribution < 1.29 is 8.78 Å². The van der Waals surface area contributed by atoms with Crippen molar-refractivity contribution in [2.24, 2.45) is 4.99 Å². The Kier molecular flexibility index (Phi) is 9.42. The number of rotatable bonds is 6. The lowest BCUT2D eigenvalue weighted by Gasteiger charge is -2.18. The SMILES string of the molecule is CCNC(=NCCc1sc(C)nc1C)NC(C)c1ccc(F)c(F)c1.I. The summed E-state index contributed by atoms with van der Waals surface area (Å²) in [6.07, 6.45) is 0.827. The summed E-state index contributed by atoms with van der Waals surface area (Å²) in [5.41, 5.74) is 1.73. The number of thiazole rings is 1. The van der Waals surface area contributed by atoms with Crippen LogP contribution in [-0.4, -0.2) is 24.0 Å². The van der Waals surface area contributed by atoms with Crippen molar-refractivity contribution in [1.29, 1.82) is 0 Å². The van der Waals surface area contributed by atoms with Crippen molar-refractivity contribution in [2.75, 3.05) is 13.1 Å². The molecule has 2 aromatic rings. The molecule has 0 aliphatic heterocycles. The molecule has 0 saturated carbocycles. The lowest BCUT2D eigenvalue weighted by atomic mass is 10.1. The van der Waals surface area contributed by atoms with Crippen molar-refractivity contribution in [1.82, 2.24) is 15.6 Å². The van der Waals surface area contributed by atoms with Crippen LogP contribution in [0.25, 0.3) is 0 Å². The molecular weight excluding hydrogens is 469 g/mol. The summed E-state index contributed by atoms with van der Waals surface area (Å²) in [5.74, 6) is -1.03. The molecule has 1 atom stereocenters. The molecule has 4 nitrogen and oxygen atoms in total. The van der Waals surface area contributed by atoms with Crippen molar-refractivity contribution in [2.45, 2.75) is 40.2 Å². The largest absolute Gasteiger partial charge is 0.357 e. The van der Waals surface area contributed by atoms with E-state index in [2.05, 4.69) is 20.6 Å². The summed E-state index contributed by atoms with van der Waals surface area (Å²) < 4.78 is 26.5. The number of nitrogens with one attached hydrogen (secondary N) is 2. The first kappa shape index (κ1) is 22.8. The van der Waals surface area contributed by atoms with Crippen LogP contribution < -0.4 is 10.6 Å². The van der Waals surface area contributed by atoms with Crippen LogP contribution in [0.1, 0.15) is 41.0 Å². The van der Waals surface area contributed by atoms with Crippen LogP contribution in [0.2, 0.25) is 0 Å². The molecule has 0 aliphatic rings. The molecule has 0 amide bonds. The zero-order chi connectivity index (χ0) is 18.4. The molecule has 1 aromatic carbocycles. The standard InChI is InChI=1S/C18H24F2N4S.HI/c1-5-21-18(22-9-8-17-12(3)23-13(4)25-17)24-11(2)14-6-7-15(19)16(20)10-14;/h6-7,10-11H,5,8-9H2,1-4H3,(H2,21,22,24);1H. The van der Waals surface area contributed by atoms with Gasteiger partial charge in [-0.1, -0.05) is 6.07 Å². The number of benzene rings is 1. The van der Waals surface area contributed by atoms with E-state index in [1.54, 1.807) is 17.4 Å². The molecule has 0 spiro atoms. The normalized spacial score (nSPS) is 12.5. The summed E-state index contributed by atoms with van der Waals surface area (Å²) in [7, 11) is 0. The first-order chi connectivity index (χ1) is 11.9. The third-order valence-electron chi connectivity index (χ3n) is 3.75. The molecule has 1 heterocycles. The van der Waals surface area contributed by atoms with Crippen molar-refractivity contribution in [3.8, 4) is 0 Å². The number of nitrogens with zero attached hydrogens (tertiary/aromatic N) is 2. The van der Waals surface area contributed by atoms with E-state index in [0.717, 1.165) is 29.7 Å². The molecule has 0 saturated heterocycles. The molecule has 2 N–H and O–H groups in total. The van der Waals surface area contributed by atoms with Gasteiger partial charge in [0.15, 0.2) is 17.6 Å². The van der Waals surface area contributed by atoms with E-state index >= 15 is 0 Å². The smallest absolute Gasteiger partial charge is 0.191 e. The lowest BCUT2D eigenvalue weighted by molar-refractivity contribution is 0.504. The number of guanidine groups is 1. The second-order valence-corrected chi connectivity index (χ2v) is 7.08. The predicted molar refractivity (Wildman–Crippen MR) is 115 cm³/mol. The molecule has 1 aromatic heterocycles. The van der Waals surface area contributed by atoms with E-state index in [4.69, 9.17) is 0 Å². The Morgan fingerprint density at radius 1 is 1.27 bits per heavy atom. The van der Waals surface area contributed by atoms with Crippen molar-refractivity contribution in [3.63, 3.8) is 0 Å². The van der Waals surface area contributed by atoms with Gasteiger partial charge >= 0.3 is 0 Å². The number of aromatic nitrogens is 1. The zero-order valence-corrected chi connectivity index (χ0v) is 18.5. The highest BCUT2D eigenvalue weighted by Gasteiger charge is 2.11. The molecule has 0 fully saturated rings. The predicted octanol–water partition coefficient (Wildman–Crippen LogP) is 4.51. The fourth-order valence-corrected chi connectivity index (χ4v) is 3.39. The Bertz CT molecular complexity index is 749. The molecule has 0 bridgehead atoms. The Hall–Kier alpha value is -1.29. The Labute approximate surface area is 174 Å². The molecule has 0 aliphatic carbocycles. The van der Waals surface area contributed by atoms with Crippen molar-refractivity contribution in [3.05, 3.63) is 51.0 Å². The summed E-state index contributed by atoms with van der Waals surface area (Å²) in [5, 5.41) is 7.46. The van der Waals surface area contributed by atoms with Gasteiger partial charge in [-0.25, -0.2) is 13.8 Å². The first-order valence-corrected chi connectivity index (χ1v) is 9.15. The molecule has 2 rings (SSSR count). The maximum atomic E-state index is 13.4. The summed E-state index contributed by atoms with van der Waals surface area (Å²) >= 11 is 1.69. The molecular formula is C18H25F2IN4S. The third kappa shape index (κ3) is 6.46. The summed E-state index contributed by atoms with van der Waals surface area (Å²) in [4.78, 5) is 10.2. The minimum atomic E-state index is -0.843. The zero-order valence-electron chi connectivity index (χ0n) is 15.4. The van der Waals surface area contributed by atoms with E-state index < -0.39 is 11.6 Å². The van der Waals surface area contributed by atoms with Gasteiger partial charge in [0.25, 0.3) is 0 Å². The average Bonchev–Trinajstić information content (AvgIpc) is 2.87. The number of hydrogen-bond acceptors (Lipinski definition) is 3. The maximum Gasteiger partial charge on any atom is 0.191 e. The van der Waals surface area contributed by atoms with Gasteiger partial charge in [0.05, 0.1) is 16.7 Å². The number of aryl methyl sites for hydroxylation is 2. The van der Waals surface area contributed by atoms with Crippen LogP contribution in [0.3, 0.4) is 0 Å². The number of hydrogen-bond donors (Lipinski definition) is 2. The van der Waals surface area contributed by atoms with Gasteiger partial charge in [0.1, 0.15) is 0 Å². The van der Waals surface area contributed by atoms with Crippen LogP contribution >= 0.6 is 35.3 Å². The van der Waals surface area contributed by atoms with Crippen LogP contribution in [0, 0.1) is 25.5 Å². The highest BCUT2D eigenvalue weighted by Crippen LogP contribution is 2.18. The summed E-state index contributed by atoms with van der Waals surface area (Å²) in [6.45, 7) is 9.22. The highest BCUT2D eigenvalue weighted by molar-refractivity contribution is 14.0. The second-order valence-electron chi connectivity index (χ2n) is 5.79. The van der Waals surface area contributed by atoms with Crippen LogP contribution in [0.15, 0.2) is 23.2 Å². The fraction of sp³-hybridized carbons (Fsp3) is 0.444. The quantitative estimate of drug-likeness (QED) is 0.353. The number of aliphatic imine (C=N–C) groups is 1. The van der Waals surface area contributed by atoms with E-state index in [-0.39, 0.29) is 30.0 Å². The third-order valence-corrected chi connectivity index (χ3v) is 4.88. The average molecular weight is 494 g/mol. The van der Waals surface area contributed by atoms with Crippen LogP contribution in [0.5, 0.6) is 0 Å². The number of halogens is 3. The van der Waals surface area contributed by atoms with Gasteiger partial charge in [0, 0.05) is 24.4 Å². The van der Waals surface area contributed by atoms with Crippen LogP contribution in [0.4, 0.5) is 8.78 Å². The Balaban J connectivity index is 0.00000338. The van der Waals surface area contributed by atoms with E-state index in [0.29, 0.717) is 18.1 Å². The molecule has 0 radical (unpaired) electrons. The van der Waals surface area contributed by atoms with E-state index in [1.807, 2.05) is 27.7 Å². The van der Waals surface area contributed by atoms with Gasteiger partial charge in [-0.3, -0.25) is 4.99 Å². The van der Waals surface area contributed by atoms with Gasteiger partial charge in [-0.2, -0.15) is 0 Å². The van der Waals surface area contributed by atoms with Crippen molar-refractivity contribution >= 4 is 41.3 Å². The van der Waals surface area contributed by atoms with Gasteiger partial charge in [-0.05, 0) is 45.4 Å². The van der Waals surface area contributed by atoms with Gasteiger partial charge < -0.3 is 10.6 Å². The topological polar surface area (TPSA) is 49.3 Å².